The van der Waals surface area contributed by atoms with Crippen LogP contribution in [0.4, 0.5) is 13.2 Å². The summed E-state index contributed by atoms with van der Waals surface area (Å²) in [6.45, 7) is 0.114. The van der Waals surface area contributed by atoms with E-state index < -0.39 is 43.0 Å². The van der Waals surface area contributed by atoms with E-state index in [2.05, 4.69) is 0 Å². The highest BCUT2D eigenvalue weighted by atomic mass is 19.4. The minimum Gasteiger partial charge on any atom is -0.496 e. The molecule has 1 aliphatic rings. The van der Waals surface area contributed by atoms with E-state index in [1.165, 1.54) is 7.11 Å². The fourth-order valence-corrected chi connectivity index (χ4v) is 2.73. The third-order valence-electron chi connectivity index (χ3n) is 4.30. The van der Waals surface area contributed by atoms with Crippen molar-refractivity contribution in [1.29, 1.82) is 0 Å². The number of carbonyl (C=O) groups excluding carboxylic acids is 1. The van der Waals surface area contributed by atoms with E-state index in [0.29, 0.717) is 11.5 Å². The van der Waals surface area contributed by atoms with E-state index in [0.717, 1.165) is 10.5 Å². The van der Waals surface area contributed by atoms with Crippen molar-refractivity contribution in [2.24, 2.45) is 5.41 Å². The van der Waals surface area contributed by atoms with Crippen molar-refractivity contribution in [3.8, 4) is 11.5 Å². The minimum absolute atomic E-state index is 0.282. The largest absolute Gasteiger partial charge is 0.496 e. The lowest BCUT2D eigenvalue weighted by molar-refractivity contribution is -0.227. The van der Waals surface area contributed by atoms with Crippen molar-refractivity contribution in [2.45, 2.75) is 19.5 Å². The van der Waals surface area contributed by atoms with E-state index >= 15 is 0 Å². The van der Waals surface area contributed by atoms with E-state index in [4.69, 9.17) is 14.6 Å². The van der Waals surface area contributed by atoms with Crippen LogP contribution >= 0.6 is 0 Å². The van der Waals surface area contributed by atoms with Gasteiger partial charge >= 0.3 is 12.1 Å². The number of aryl methyl sites for hydroxylation is 1. The second kappa shape index (κ2) is 6.81. The number of nitrogens with zero attached hydrogens (tertiary/aromatic N) is 1. The molecule has 25 heavy (non-hydrogen) atoms. The van der Waals surface area contributed by atoms with E-state index in [9.17, 15) is 22.8 Å². The second-order valence-corrected chi connectivity index (χ2v) is 5.87. The molecule has 1 heterocycles. The zero-order valence-corrected chi connectivity index (χ0v) is 13.7. The smallest absolute Gasteiger partial charge is 0.406 e. The van der Waals surface area contributed by atoms with Crippen LogP contribution in [-0.4, -0.2) is 54.9 Å². The molecule has 1 fully saturated rings. The highest BCUT2D eigenvalue weighted by molar-refractivity contribution is 5.82. The van der Waals surface area contributed by atoms with Crippen molar-refractivity contribution >= 4 is 11.9 Å². The van der Waals surface area contributed by atoms with E-state index in [1.807, 2.05) is 0 Å². The number of halogens is 3. The summed E-state index contributed by atoms with van der Waals surface area (Å²) in [6, 6.07) is 4.85. The molecule has 1 atom stereocenters. The normalized spacial score (nSPS) is 20.4. The van der Waals surface area contributed by atoms with E-state index in [-0.39, 0.29) is 6.54 Å². The number of hydrogen-bond acceptors (Lipinski definition) is 4. The molecule has 1 N–H and O–H groups in total. The zero-order chi connectivity index (χ0) is 18.8. The minimum atomic E-state index is -4.93. The van der Waals surface area contributed by atoms with Crippen molar-refractivity contribution in [3.63, 3.8) is 0 Å². The number of rotatable bonds is 5. The third kappa shape index (κ3) is 3.64. The van der Waals surface area contributed by atoms with Gasteiger partial charge in [-0.2, -0.15) is 13.2 Å². The molecule has 2 rings (SSSR count). The zero-order valence-electron chi connectivity index (χ0n) is 13.7. The lowest BCUT2D eigenvalue weighted by Crippen LogP contribution is -2.48. The Morgan fingerprint density at radius 2 is 2.04 bits per heavy atom. The molecule has 9 heteroatoms. The Labute approximate surface area is 142 Å². The lowest BCUT2D eigenvalue weighted by atomic mass is 9.86. The van der Waals surface area contributed by atoms with Gasteiger partial charge in [-0.3, -0.25) is 9.59 Å². The highest BCUT2D eigenvalue weighted by Gasteiger charge is 2.64. The maximum atomic E-state index is 13.1. The monoisotopic (exact) mass is 361 g/mol. The van der Waals surface area contributed by atoms with Gasteiger partial charge in [0.15, 0.2) is 12.0 Å². The summed E-state index contributed by atoms with van der Waals surface area (Å²) in [4.78, 5) is 24.1. The van der Waals surface area contributed by atoms with Crippen LogP contribution in [0.2, 0.25) is 0 Å². The molecule has 1 aromatic carbocycles. The van der Waals surface area contributed by atoms with Gasteiger partial charge in [-0.15, -0.1) is 0 Å². The summed E-state index contributed by atoms with van der Waals surface area (Å²) in [6.07, 6.45) is -5.60. The lowest BCUT2D eigenvalue weighted by Gasteiger charge is -2.27. The van der Waals surface area contributed by atoms with Gasteiger partial charge < -0.3 is 19.5 Å². The van der Waals surface area contributed by atoms with Crippen LogP contribution < -0.4 is 9.47 Å². The summed E-state index contributed by atoms with van der Waals surface area (Å²) in [7, 11) is 1.51. The molecule has 1 unspecified atom stereocenters. The maximum absolute atomic E-state index is 13.1. The molecular formula is C16H18F3NO5. The fraction of sp³-hybridized carbons (Fsp3) is 0.500. The fourth-order valence-electron chi connectivity index (χ4n) is 2.73. The Morgan fingerprint density at radius 3 is 2.52 bits per heavy atom. The number of benzene rings is 1. The Balaban J connectivity index is 2.01. The van der Waals surface area contributed by atoms with Crippen molar-refractivity contribution in [1.82, 2.24) is 4.90 Å². The number of amides is 1. The molecule has 1 saturated heterocycles. The topological polar surface area (TPSA) is 76.1 Å². The number of methoxy groups -OCH3 is 1. The average molecular weight is 361 g/mol. The second-order valence-electron chi connectivity index (χ2n) is 5.87. The molecule has 6 nitrogen and oxygen atoms in total. The first-order chi connectivity index (χ1) is 11.6. The molecule has 0 saturated carbocycles. The van der Waals surface area contributed by atoms with Crippen LogP contribution in [0.3, 0.4) is 0 Å². The molecule has 0 spiro atoms. The summed E-state index contributed by atoms with van der Waals surface area (Å²) >= 11 is 0. The van der Waals surface area contributed by atoms with Crippen LogP contribution in [0.1, 0.15) is 12.0 Å². The van der Waals surface area contributed by atoms with Crippen molar-refractivity contribution < 1.29 is 37.3 Å². The summed E-state index contributed by atoms with van der Waals surface area (Å²) in [5, 5.41) is 8.99. The number of alkyl halides is 3. The molecule has 0 radical (unpaired) electrons. The van der Waals surface area contributed by atoms with Crippen LogP contribution in [0, 0.1) is 12.3 Å². The number of hydrogen-bond donors (Lipinski definition) is 1. The molecular weight excluding hydrogens is 343 g/mol. The Hall–Kier alpha value is -2.45. The van der Waals surface area contributed by atoms with Gasteiger partial charge in [0, 0.05) is 13.1 Å². The van der Waals surface area contributed by atoms with Gasteiger partial charge in [-0.1, -0.05) is 0 Å². The number of carbonyl (C=O) groups is 2. The SMILES string of the molecule is COc1ccc(OCC(=O)N2CCC(C(=O)O)(C(F)(F)F)C2)cc1C. The standard InChI is InChI=1S/C16H18F3NO5/c1-10-7-11(3-4-12(10)24-2)25-8-13(21)20-6-5-15(9-20,14(22)23)16(17,18)19/h3-4,7H,5-6,8-9H2,1-2H3,(H,22,23). The summed E-state index contributed by atoms with van der Waals surface area (Å²) in [5.74, 6) is -1.66. The van der Waals surface area contributed by atoms with Crippen molar-refractivity contribution in [2.75, 3.05) is 26.8 Å². The van der Waals surface area contributed by atoms with Crippen molar-refractivity contribution in [3.05, 3.63) is 23.8 Å². The molecule has 0 bridgehead atoms. The molecule has 0 aliphatic carbocycles. The first kappa shape index (κ1) is 18.9. The van der Waals surface area contributed by atoms with Crippen LogP contribution in [0.25, 0.3) is 0 Å². The predicted octanol–water partition coefficient (Wildman–Crippen LogP) is 2.25. The average Bonchev–Trinajstić information content (AvgIpc) is 2.99. The molecule has 0 aromatic heterocycles. The van der Waals surface area contributed by atoms with Crippen LogP contribution in [-0.2, 0) is 9.59 Å². The number of carboxylic acids is 1. The molecule has 138 valence electrons. The maximum Gasteiger partial charge on any atom is 0.406 e. The van der Waals surface area contributed by atoms with Gasteiger partial charge in [0.2, 0.25) is 0 Å². The third-order valence-corrected chi connectivity index (χ3v) is 4.30. The Morgan fingerprint density at radius 1 is 1.36 bits per heavy atom. The Kier molecular flexibility index (Phi) is 5.15. The molecule has 1 aromatic rings. The summed E-state index contributed by atoms with van der Waals surface area (Å²) in [5.41, 5.74) is -2.14. The van der Waals surface area contributed by atoms with Crippen LogP contribution in [0.5, 0.6) is 11.5 Å². The molecule has 1 amide bonds. The van der Waals surface area contributed by atoms with Gasteiger partial charge in [0.05, 0.1) is 7.11 Å². The number of carboxylic acid groups (broad SMARTS) is 1. The Bertz CT molecular complexity index is 676. The first-order valence-electron chi connectivity index (χ1n) is 7.46. The number of aliphatic carboxylic acids is 1. The summed E-state index contributed by atoms with van der Waals surface area (Å²) < 4.78 is 49.7. The van der Waals surface area contributed by atoms with Gasteiger partial charge in [0.1, 0.15) is 11.5 Å². The molecule has 1 aliphatic heterocycles. The van der Waals surface area contributed by atoms with Gasteiger partial charge in [0.25, 0.3) is 5.91 Å². The van der Waals surface area contributed by atoms with Crippen LogP contribution in [0.15, 0.2) is 18.2 Å². The van der Waals surface area contributed by atoms with Gasteiger partial charge in [-0.05, 0) is 37.1 Å². The number of likely N-dealkylation sites (tertiary alicyclic amines) is 1. The van der Waals surface area contributed by atoms with E-state index in [1.54, 1.807) is 25.1 Å². The highest BCUT2D eigenvalue weighted by Crippen LogP contribution is 2.45. The van der Waals surface area contributed by atoms with Gasteiger partial charge in [-0.25, -0.2) is 0 Å². The first-order valence-corrected chi connectivity index (χ1v) is 7.46. The predicted molar refractivity (Wildman–Crippen MR) is 80.5 cm³/mol. The number of ether oxygens (including phenoxy) is 2. The quantitative estimate of drug-likeness (QED) is 0.871.